The van der Waals surface area contributed by atoms with E-state index in [4.69, 9.17) is 4.42 Å². The van der Waals surface area contributed by atoms with Crippen LogP contribution in [-0.2, 0) is 14.6 Å². The SMILES string of the molecule is C[C@@H](NC(=O)CCNC(=O)c1ccco1)c1ccc(S(C)(=O)=O)cc1. The van der Waals surface area contributed by atoms with Crippen molar-refractivity contribution in [2.45, 2.75) is 24.3 Å². The molecule has 7 nitrogen and oxygen atoms in total. The van der Waals surface area contributed by atoms with E-state index < -0.39 is 9.84 Å². The molecule has 0 unspecified atom stereocenters. The molecule has 2 rings (SSSR count). The third-order valence-electron chi connectivity index (χ3n) is 3.57. The number of furan rings is 1. The molecule has 0 aliphatic carbocycles. The number of hydrogen-bond donors (Lipinski definition) is 2. The first-order valence-corrected chi connectivity index (χ1v) is 9.57. The molecule has 25 heavy (non-hydrogen) atoms. The highest BCUT2D eigenvalue weighted by Gasteiger charge is 2.13. The van der Waals surface area contributed by atoms with Crippen LogP contribution >= 0.6 is 0 Å². The third-order valence-corrected chi connectivity index (χ3v) is 4.70. The molecule has 0 saturated carbocycles. The lowest BCUT2D eigenvalue weighted by atomic mass is 10.1. The van der Waals surface area contributed by atoms with Gasteiger partial charge in [0.05, 0.1) is 17.2 Å². The molecule has 2 amide bonds. The fraction of sp³-hybridized carbons (Fsp3) is 0.294. The number of rotatable bonds is 7. The Morgan fingerprint density at radius 3 is 2.40 bits per heavy atom. The van der Waals surface area contributed by atoms with Gasteiger partial charge in [0.1, 0.15) is 0 Å². The third kappa shape index (κ3) is 5.46. The molecule has 2 aromatic rings. The summed E-state index contributed by atoms with van der Waals surface area (Å²) >= 11 is 0. The normalized spacial score (nSPS) is 12.4. The summed E-state index contributed by atoms with van der Waals surface area (Å²) in [6.45, 7) is 1.99. The van der Waals surface area contributed by atoms with Crippen molar-refractivity contribution in [2.75, 3.05) is 12.8 Å². The average Bonchev–Trinajstić information content (AvgIpc) is 3.08. The minimum atomic E-state index is -3.24. The summed E-state index contributed by atoms with van der Waals surface area (Å²) in [5.41, 5.74) is 0.792. The number of nitrogens with one attached hydrogen (secondary N) is 2. The monoisotopic (exact) mass is 364 g/mol. The van der Waals surface area contributed by atoms with E-state index in [1.54, 1.807) is 25.1 Å². The molecule has 0 radical (unpaired) electrons. The summed E-state index contributed by atoms with van der Waals surface area (Å²) in [6.07, 6.45) is 2.67. The predicted octanol–water partition coefficient (Wildman–Crippen LogP) is 1.68. The van der Waals surface area contributed by atoms with Gasteiger partial charge in [-0.1, -0.05) is 12.1 Å². The highest BCUT2D eigenvalue weighted by atomic mass is 32.2. The van der Waals surface area contributed by atoms with Crippen LogP contribution in [0.1, 0.15) is 35.5 Å². The number of amides is 2. The Morgan fingerprint density at radius 2 is 1.84 bits per heavy atom. The van der Waals surface area contributed by atoms with E-state index >= 15 is 0 Å². The first-order chi connectivity index (χ1) is 11.8. The predicted molar refractivity (Wildman–Crippen MR) is 91.8 cm³/mol. The van der Waals surface area contributed by atoms with E-state index in [0.29, 0.717) is 0 Å². The van der Waals surface area contributed by atoms with E-state index in [1.807, 2.05) is 0 Å². The lowest BCUT2D eigenvalue weighted by Crippen LogP contribution is -2.32. The van der Waals surface area contributed by atoms with Crippen LogP contribution < -0.4 is 10.6 Å². The van der Waals surface area contributed by atoms with Gasteiger partial charge >= 0.3 is 0 Å². The van der Waals surface area contributed by atoms with E-state index in [9.17, 15) is 18.0 Å². The van der Waals surface area contributed by atoms with E-state index in [2.05, 4.69) is 10.6 Å². The van der Waals surface area contributed by atoms with Crippen molar-refractivity contribution in [2.24, 2.45) is 0 Å². The van der Waals surface area contributed by atoms with Crippen LogP contribution in [0.25, 0.3) is 0 Å². The Balaban J connectivity index is 1.80. The number of hydrogen-bond acceptors (Lipinski definition) is 5. The van der Waals surface area contributed by atoms with E-state index in [0.717, 1.165) is 11.8 Å². The van der Waals surface area contributed by atoms with Gasteiger partial charge in [0.25, 0.3) is 5.91 Å². The summed E-state index contributed by atoms with van der Waals surface area (Å²) in [5.74, 6) is -0.401. The van der Waals surface area contributed by atoms with Gasteiger partial charge in [-0.2, -0.15) is 0 Å². The highest BCUT2D eigenvalue weighted by Crippen LogP contribution is 2.16. The van der Waals surface area contributed by atoms with Crippen molar-refractivity contribution in [1.82, 2.24) is 10.6 Å². The Bertz CT molecular complexity index is 826. The molecule has 8 heteroatoms. The van der Waals surface area contributed by atoms with Crippen molar-refractivity contribution in [3.05, 3.63) is 54.0 Å². The van der Waals surface area contributed by atoms with Gasteiger partial charge in [-0.15, -0.1) is 0 Å². The van der Waals surface area contributed by atoms with Crippen LogP contribution in [0, 0.1) is 0 Å². The number of carbonyl (C=O) groups is 2. The van der Waals surface area contributed by atoms with Crippen molar-refractivity contribution >= 4 is 21.7 Å². The summed E-state index contributed by atoms with van der Waals surface area (Å²) in [5, 5.41) is 5.39. The number of carbonyl (C=O) groups excluding carboxylic acids is 2. The maximum absolute atomic E-state index is 11.9. The molecule has 0 saturated heterocycles. The zero-order valence-corrected chi connectivity index (χ0v) is 14.8. The molecule has 0 spiro atoms. The fourth-order valence-electron chi connectivity index (χ4n) is 2.19. The topological polar surface area (TPSA) is 105 Å². The van der Waals surface area contributed by atoms with Gasteiger partial charge in [-0.05, 0) is 36.8 Å². The van der Waals surface area contributed by atoms with Crippen molar-refractivity contribution in [3.63, 3.8) is 0 Å². The fourth-order valence-corrected chi connectivity index (χ4v) is 2.82. The largest absolute Gasteiger partial charge is 0.459 e. The Labute approximate surface area is 146 Å². The molecule has 1 heterocycles. The van der Waals surface area contributed by atoms with Gasteiger partial charge in [-0.3, -0.25) is 9.59 Å². The molecule has 2 N–H and O–H groups in total. The maximum atomic E-state index is 11.9. The van der Waals surface area contributed by atoms with Gasteiger partial charge in [-0.25, -0.2) is 8.42 Å². The van der Waals surface area contributed by atoms with Crippen LogP contribution in [-0.4, -0.2) is 33.0 Å². The molecule has 0 bridgehead atoms. The molecular formula is C17H20N2O5S. The van der Waals surface area contributed by atoms with Crippen molar-refractivity contribution in [3.8, 4) is 0 Å². The second kappa shape index (κ2) is 7.98. The lowest BCUT2D eigenvalue weighted by Gasteiger charge is -2.15. The standard InChI is InChI=1S/C17H20N2O5S/c1-12(13-5-7-14(8-6-13)25(2,22)23)19-16(20)9-10-18-17(21)15-4-3-11-24-15/h3-8,11-12H,9-10H2,1-2H3,(H,18,21)(H,19,20)/t12-/m1/s1. The van der Waals surface area contributed by atoms with Gasteiger partial charge in [0.2, 0.25) is 5.91 Å². The molecule has 1 aromatic carbocycles. The molecular weight excluding hydrogens is 344 g/mol. The quantitative estimate of drug-likeness (QED) is 0.778. The Morgan fingerprint density at radius 1 is 1.16 bits per heavy atom. The zero-order valence-electron chi connectivity index (χ0n) is 14.0. The van der Waals surface area contributed by atoms with Gasteiger partial charge in [0, 0.05) is 19.2 Å². The Hall–Kier alpha value is -2.61. The van der Waals surface area contributed by atoms with Crippen LogP contribution in [0.15, 0.2) is 52.0 Å². The second-order valence-corrected chi connectivity index (χ2v) is 7.63. The second-order valence-electron chi connectivity index (χ2n) is 5.61. The minimum Gasteiger partial charge on any atom is -0.459 e. The van der Waals surface area contributed by atoms with Gasteiger partial charge in [0.15, 0.2) is 15.6 Å². The van der Waals surface area contributed by atoms with Crippen LogP contribution in [0.2, 0.25) is 0 Å². The summed E-state index contributed by atoms with van der Waals surface area (Å²) in [6, 6.07) is 9.23. The molecule has 1 aromatic heterocycles. The smallest absolute Gasteiger partial charge is 0.286 e. The van der Waals surface area contributed by atoms with Gasteiger partial charge < -0.3 is 15.1 Å². The molecule has 0 fully saturated rings. The molecule has 134 valence electrons. The molecule has 0 aliphatic heterocycles. The summed E-state index contributed by atoms with van der Waals surface area (Å²) in [7, 11) is -3.24. The van der Waals surface area contributed by atoms with Crippen LogP contribution in [0.4, 0.5) is 0 Å². The van der Waals surface area contributed by atoms with Crippen molar-refractivity contribution < 1.29 is 22.4 Å². The molecule has 0 aliphatic rings. The summed E-state index contributed by atoms with van der Waals surface area (Å²) in [4.78, 5) is 23.8. The van der Waals surface area contributed by atoms with Crippen LogP contribution in [0.5, 0.6) is 0 Å². The minimum absolute atomic E-state index is 0.123. The first-order valence-electron chi connectivity index (χ1n) is 7.68. The van der Waals surface area contributed by atoms with Crippen molar-refractivity contribution in [1.29, 1.82) is 0 Å². The molecule has 1 atom stereocenters. The maximum Gasteiger partial charge on any atom is 0.286 e. The summed E-state index contributed by atoms with van der Waals surface area (Å²) < 4.78 is 27.8. The van der Waals surface area contributed by atoms with Crippen LogP contribution in [0.3, 0.4) is 0 Å². The number of benzene rings is 1. The zero-order chi connectivity index (χ0) is 18.4. The van der Waals surface area contributed by atoms with E-state index in [-0.39, 0.29) is 41.5 Å². The number of sulfone groups is 1. The average molecular weight is 364 g/mol. The lowest BCUT2D eigenvalue weighted by molar-refractivity contribution is -0.121. The first kappa shape index (κ1) is 18.7. The highest BCUT2D eigenvalue weighted by molar-refractivity contribution is 7.90. The van der Waals surface area contributed by atoms with E-state index in [1.165, 1.54) is 24.5 Å². The Kier molecular flexibility index (Phi) is 5.97.